The minimum atomic E-state index is -0.367. The molecule has 0 saturated heterocycles. The summed E-state index contributed by atoms with van der Waals surface area (Å²) in [5, 5.41) is 5.81. The van der Waals surface area contributed by atoms with Crippen molar-refractivity contribution in [3.63, 3.8) is 0 Å². The van der Waals surface area contributed by atoms with Gasteiger partial charge in [0.05, 0.1) is 0 Å². The quantitative estimate of drug-likeness (QED) is 0.833. The second-order valence-electron chi connectivity index (χ2n) is 4.23. The van der Waals surface area contributed by atoms with Crippen molar-refractivity contribution in [1.82, 2.24) is 10.6 Å². The third-order valence-corrected chi connectivity index (χ3v) is 2.90. The van der Waals surface area contributed by atoms with Gasteiger partial charge in [-0.25, -0.2) is 9.18 Å². The molecule has 0 bridgehead atoms. The third-order valence-electron chi connectivity index (χ3n) is 2.65. The summed E-state index contributed by atoms with van der Waals surface area (Å²) in [4.78, 5) is 11.5. The Bertz CT molecular complexity index is 588. The summed E-state index contributed by atoms with van der Waals surface area (Å²) in [5.41, 5.74) is 0.810. The lowest BCUT2D eigenvalue weighted by Gasteiger charge is -2.09. The highest BCUT2D eigenvalue weighted by Crippen LogP contribution is 2.14. The van der Waals surface area contributed by atoms with Crippen molar-refractivity contribution in [2.75, 3.05) is 6.73 Å². The second kappa shape index (κ2) is 7.50. The van der Waals surface area contributed by atoms with Crippen LogP contribution in [0.2, 0.25) is 5.02 Å². The van der Waals surface area contributed by atoms with Crippen LogP contribution in [0.25, 0.3) is 0 Å². The second-order valence-corrected chi connectivity index (χ2v) is 4.66. The number of carbonyl (C=O) groups is 1. The molecule has 0 heterocycles. The van der Waals surface area contributed by atoms with E-state index in [0.717, 1.165) is 5.56 Å². The lowest BCUT2D eigenvalue weighted by molar-refractivity contribution is 0.223. The first kappa shape index (κ1) is 15.1. The Morgan fingerprint density at radius 3 is 2.38 bits per heavy atom. The van der Waals surface area contributed by atoms with Gasteiger partial charge in [-0.1, -0.05) is 23.7 Å². The Morgan fingerprint density at radius 2 is 1.71 bits per heavy atom. The molecular weight excluding hydrogens is 295 g/mol. The van der Waals surface area contributed by atoms with E-state index in [1.807, 2.05) is 0 Å². The molecule has 2 aromatic rings. The van der Waals surface area contributed by atoms with E-state index in [0.29, 0.717) is 17.3 Å². The summed E-state index contributed by atoms with van der Waals surface area (Å²) in [6.07, 6.45) is 0. The largest absolute Gasteiger partial charge is 0.473 e. The fourth-order valence-corrected chi connectivity index (χ4v) is 1.69. The van der Waals surface area contributed by atoms with Crippen molar-refractivity contribution in [2.24, 2.45) is 0 Å². The highest BCUT2D eigenvalue weighted by Gasteiger charge is 2.01. The van der Waals surface area contributed by atoms with E-state index in [9.17, 15) is 9.18 Å². The summed E-state index contributed by atoms with van der Waals surface area (Å²) in [6, 6.07) is 12.4. The summed E-state index contributed by atoms with van der Waals surface area (Å²) in [7, 11) is 0. The van der Waals surface area contributed by atoms with Crippen LogP contribution in [0.15, 0.2) is 48.5 Å². The van der Waals surface area contributed by atoms with Crippen LogP contribution in [0.1, 0.15) is 5.56 Å². The molecule has 6 heteroatoms. The van der Waals surface area contributed by atoms with E-state index in [1.54, 1.807) is 36.4 Å². The van der Waals surface area contributed by atoms with Gasteiger partial charge in [-0.3, -0.25) is 0 Å². The number of rotatable bonds is 5. The number of halogens is 2. The van der Waals surface area contributed by atoms with Gasteiger partial charge in [-0.05, 0) is 42.0 Å². The van der Waals surface area contributed by atoms with Crippen molar-refractivity contribution in [1.29, 1.82) is 0 Å². The van der Waals surface area contributed by atoms with Crippen LogP contribution in [0, 0.1) is 5.82 Å². The van der Waals surface area contributed by atoms with E-state index in [1.165, 1.54) is 12.1 Å². The molecule has 2 rings (SSSR count). The first-order valence-electron chi connectivity index (χ1n) is 6.28. The average molecular weight is 309 g/mol. The molecule has 0 unspecified atom stereocenters. The number of ether oxygens (including phenoxy) is 1. The molecule has 0 fully saturated rings. The zero-order chi connectivity index (χ0) is 15.1. The van der Waals surface area contributed by atoms with Gasteiger partial charge in [-0.2, -0.15) is 0 Å². The molecule has 2 amide bonds. The molecule has 2 aromatic carbocycles. The van der Waals surface area contributed by atoms with Crippen LogP contribution in [-0.2, 0) is 6.54 Å². The van der Waals surface area contributed by atoms with Crippen LogP contribution >= 0.6 is 11.6 Å². The average Bonchev–Trinajstić information content (AvgIpc) is 2.49. The molecule has 0 aliphatic carbocycles. The third kappa shape index (κ3) is 5.31. The molecular formula is C15H14ClFN2O2. The van der Waals surface area contributed by atoms with Crippen molar-refractivity contribution in [3.05, 3.63) is 64.9 Å². The molecule has 2 N–H and O–H groups in total. The van der Waals surface area contributed by atoms with E-state index in [2.05, 4.69) is 10.6 Å². The van der Waals surface area contributed by atoms with Gasteiger partial charge < -0.3 is 15.4 Å². The Labute approximate surface area is 126 Å². The minimum absolute atomic E-state index is 0.0386. The molecule has 0 saturated carbocycles. The molecule has 21 heavy (non-hydrogen) atoms. The summed E-state index contributed by atoms with van der Waals surface area (Å²) in [5.74, 6) is 0.304. The van der Waals surface area contributed by atoms with Gasteiger partial charge in [0.1, 0.15) is 11.6 Å². The molecule has 0 aliphatic rings. The molecule has 110 valence electrons. The van der Waals surface area contributed by atoms with Gasteiger partial charge in [0.25, 0.3) is 0 Å². The SMILES string of the molecule is O=C(NCOc1ccc(Cl)cc1)NCc1ccc(F)cc1. The zero-order valence-corrected chi connectivity index (χ0v) is 11.9. The van der Waals surface area contributed by atoms with Crippen LogP contribution in [0.4, 0.5) is 9.18 Å². The number of nitrogens with one attached hydrogen (secondary N) is 2. The maximum Gasteiger partial charge on any atom is 0.317 e. The van der Waals surface area contributed by atoms with Crippen molar-refractivity contribution < 1.29 is 13.9 Å². The first-order valence-corrected chi connectivity index (χ1v) is 6.66. The van der Waals surface area contributed by atoms with Gasteiger partial charge in [-0.15, -0.1) is 0 Å². The molecule has 0 spiro atoms. The Balaban J connectivity index is 1.67. The Hall–Kier alpha value is -2.27. The van der Waals surface area contributed by atoms with Crippen LogP contribution in [0.5, 0.6) is 5.75 Å². The number of benzene rings is 2. The number of carbonyl (C=O) groups excluding carboxylic acids is 1. The maximum atomic E-state index is 12.7. The van der Waals surface area contributed by atoms with Crippen molar-refractivity contribution in [3.8, 4) is 5.75 Å². The summed E-state index contributed by atoms with van der Waals surface area (Å²) in [6.45, 7) is 0.351. The van der Waals surface area contributed by atoms with Gasteiger partial charge in [0.15, 0.2) is 6.73 Å². The topological polar surface area (TPSA) is 50.4 Å². The first-order chi connectivity index (χ1) is 10.1. The van der Waals surface area contributed by atoms with E-state index >= 15 is 0 Å². The van der Waals surface area contributed by atoms with E-state index in [-0.39, 0.29) is 18.6 Å². The number of hydrogen-bond donors (Lipinski definition) is 2. The van der Waals surface area contributed by atoms with Crippen LogP contribution in [-0.4, -0.2) is 12.8 Å². The van der Waals surface area contributed by atoms with Gasteiger partial charge in [0.2, 0.25) is 0 Å². The maximum absolute atomic E-state index is 12.7. The Morgan fingerprint density at radius 1 is 1.05 bits per heavy atom. The fraction of sp³-hybridized carbons (Fsp3) is 0.133. The van der Waals surface area contributed by atoms with E-state index in [4.69, 9.17) is 16.3 Å². The number of amides is 2. The minimum Gasteiger partial charge on any atom is -0.473 e. The number of urea groups is 1. The molecule has 0 atom stereocenters. The van der Waals surface area contributed by atoms with Crippen molar-refractivity contribution >= 4 is 17.6 Å². The lowest BCUT2D eigenvalue weighted by Crippen LogP contribution is -2.37. The lowest BCUT2D eigenvalue weighted by atomic mass is 10.2. The molecule has 0 aromatic heterocycles. The number of hydrogen-bond acceptors (Lipinski definition) is 2. The van der Waals surface area contributed by atoms with Crippen molar-refractivity contribution in [2.45, 2.75) is 6.54 Å². The predicted octanol–water partition coefficient (Wildman–Crippen LogP) is 3.31. The normalized spacial score (nSPS) is 10.0. The monoisotopic (exact) mass is 308 g/mol. The zero-order valence-electron chi connectivity index (χ0n) is 11.1. The predicted molar refractivity (Wildman–Crippen MR) is 78.7 cm³/mol. The van der Waals surface area contributed by atoms with Crippen LogP contribution in [0.3, 0.4) is 0 Å². The highest BCUT2D eigenvalue weighted by molar-refractivity contribution is 6.30. The molecule has 4 nitrogen and oxygen atoms in total. The highest BCUT2D eigenvalue weighted by atomic mass is 35.5. The van der Waals surface area contributed by atoms with E-state index < -0.39 is 0 Å². The standard InChI is InChI=1S/C15H14ClFN2O2/c16-12-3-7-14(8-4-12)21-10-19-15(20)18-9-11-1-5-13(17)6-2-11/h1-8H,9-10H2,(H2,18,19,20). The molecule has 0 radical (unpaired) electrons. The summed E-state index contributed by atoms with van der Waals surface area (Å²) < 4.78 is 18.0. The molecule has 0 aliphatic heterocycles. The Kier molecular flexibility index (Phi) is 5.40. The smallest absolute Gasteiger partial charge is 0.317 e. The summed E-state index contributed by atoms with van der Waals surface area (Å²) >= 11 is 5.75. The van der Waals surface area contributed by atoms with Gasteiger partial charge >= 0.3 is 6.03 Å². The van der Waals surface area contributed by atoms with Crippen LogP contribution < -0.4 is 15.4 Å². The van der Waals surface area contributed by atoms with Gasteiger partial charge in [0, 0.05) is 11.6 Å². The fourth-order valence-electron chi connectivity index (χ4n) is 1.56.